The molecule has 0 radical (unpaired) electrons. The number of ether oxygens (including phenoxy) is 9. The second kappa shape index (κ2) is 21.7. The summed E-state index contributed by atoms with van der Waals surface area (Å²) in [5.74, 6) is -4.29. The lowest BCUT2D eigenvalue weighted by Crippen LogP contribution is -2.63. The Kier molecular flexibility index (Phi) is 14.7. The van der Waals surface area contributed by atoms with Crippen LogP contribution < -0.4 is 24.6 Å². The van der Waals surface area contributed by atoms with Crippen molar-refractivity contribution in [2.45, 2.75) is 44.2 Å². The molecule has 0 bridgehead atoms. The minimum Gasteiger partial charge on any atom is -0.497 e. The zero-order valence-corrected chi connectivity index (χ0v) is 36.9. The first kappa shape index (κ1) is 46.8. The van der Waals surface area contributed by atoms with Crippen molar-refractivity contribution >= 4 is 40.8 Å². The fourth-order valence-corrected chi connectivity index (χ4v) is 7.22. The molecular formula is C53H42O16. The van der Waals surface area contributed by atoms with Gasteiger partial charge in [-0.3, -0.25) is 4.79 Å². The Labute approximate surface area is 393 Å². The van der Waals surface area contributed by atoms with Crippen LogP contribution in [0.3, 0.4) is 0 Å². The molecule has 16 nitrogen and oxygen atoms in total. The number of methoxy groups -OCH3 is 1. The zero-order chi connectivity index (χ0) is 48.3. The molecule has 1 fully saturated rings. The molecule has 69 heavy (non-hydrogen) atoms. The van der Waals surface area contributed by atoms with Crippen molar-refractivity contribution in [1.29, 1.82) is 0 Å². The Morgan fingerprint density at radius 1 is 0.551 bits per heavy atom. The van der Waals surface area contributed by atoms with E-state index in [1.165, 1.54) is 73.8 Å². The topological polar surface area (TPSA) is 199 Å². The smallest absolute Gasteiger partial charge is 0.383 e. The highest BCUT2D eigenvalue weighted by molar-refractivity contribution is 5.92. The van der Waals surface area contributed by atoms with Gasteiger partial charge in [-0.1, -0.05) is 84.9 Å². The fourth-order valence-electron chi connectivity index (χ4n) is 7.22. The minimum atomic E-state index is -1.73. The maximum Gasteiger partial charge on any atom is 0.383 e. The molecule has 0 saturated carbocycles. The van der Waals surface area contributed by atoms with Crippen molar-refractivity contribution in [2.75, 3.05) is 13.7 Å². The van der Waals surface area contributed by atoms with E-state index >= 15 is 0 Å². The highest BCUT2D eigenvalue weighted by Gasteiger charge is 2.54. The summed E-state index contributed by atoms with van der Waals surface area (Å²) in [5.41, 5.74) is 0.0418. The number of rotatable bonds is 16. The van der Waals surface area contributed by atoms with Crippen molar-refractivity contribution in [2.24, 2.45) is 0 Å². The molecule has 350 valence electrons. The molecule has 0 N–H and O–H groups in total. The third-order valence-electron chi connectivity index (χ3n) is 10.6. The molecule has 6 aromatic carbocycles. The number of hydrogen-bond donors (Lipinski definition) is 0. The Bertz CT molecular complexity index is 2980. The predicted octanol–water partition coefficient (Wildman–Crippen LogP) is 7.94. The number of hydrogen-bond acceptors (Lipinski definition) is 16. The average Bonchev–Trinajstić information content (AvgIpc) is 3.38. The van der Waals surface area contributed by atoms with E-state index < -0.39 is 78.5 Å². The summed E-state index contributed by atoms with van der Waals surface area (Å²) >= 11 is 0. The molecule has 0 unspecified atom stereocenters. The summed E-state index contributed by atoms with van der Waals surface area (Å²) in [6.07, 6.45) is -8.24. The van der Waals surface area contributed by atoms with Gasteiger partial charge >= 0.3 is 35.5 Å². The Morgan fingerprint density at radius 2 is 1.04 bits per heavy atom. The lowest BCUT2D eigenvalue weighted by Gasteiger charge is -2.44. The molecule has 1 aliphatic heterocycles. The van der Waals surface area contributed by atoms with Gasteiger partial charge in [0.1, 0.15) is 36.4 Å². The molecule has 1 aromatic heterocycles. The van der Waals surface area contributed by atoms with E-state index in [2.05, 4.69) is 0 Å². The van der Waals surface area contributed by atoms with Crippen molar-refractivity contribution in [1.82, 2.24) is 0 Å². The van der Waals surface area contributed by atoms with Gasteiger partial charge in [0.2, 0.25) is 12.4 Å². The number of esters is 5. The number of fused-ring (bicyclic) bond motifs is 1. The standard InChI is InChI=1S/C53H42O16/c1-32(54)63-46-43(61-30-33-23-25-38(60-2)26-24-33)40-28-27-39(29-41(40)65-52(46)59)64-53-47(69-51(58)37-21-13-6-14-22-37)45(68-50(57)36-19-11-5-12-20-36)44(67-49(56)35-17-9-4-10-18-35)42(66-53)31-62-48(55)34-15-7-3-8-16-34/h3-29,42,44-45,47,53H,30-31H2,1-2H3/t42-,44+,45+,47-,53-/m1/s1. The van der Waals surface area contributed by atoms with Crippen LogP contribution in [-0.2, 0) is 35.1 Å². The van der Waals surface area contributed by atoms with Crippen LogP contribution in [0.1, 0.15) is 53.9 Å². The van der Waals surface area contributed by atoms with Crippen LogP contribution in [0.5, 0.6) is 23.0 Å². The van der Waals surface area contributed by atoms with Crippen molar-refractivity contribution in [3.05, 3.63) is 202 Å². The van der Waals surface area contributed by atoms with E-state index in [1.807, 2.05) is 0 Å². The summed E-state index contributed by atoms with van der Waals surface area (Å²) in [5, 5.41) is 0.191. The number of carbonyl (C=O) groups excluding carboxylic acids is 5. The van der Waals surface area contributed by atoms with Crippen LogP contribution in [0.25, 0.3) is 11.0 Å². The molecule has 16 heteroatoms. The Balaban J connectivity index is 1.21. The van der Waals surface area contributed by atoms with Crippen molar-refractivity contribution < 1.29 is 71.0 Å². The summed E-state index contributed by atoms with van der Waals surface area (Å²) in [4.78, 5) is 81.0. The van der Waals surface area contributed by atoms with Crippen LogP contribution in [0.15, 0.2) is 173 Å². The van der Waals surface area contributed by atoms with Crippen LogP contribution in [0.4, 0.5) is 0 Å². The molecule has 2 heterocycles. The fraction of sp³-hybridized carbons (Fsp3) is 0.170. The van der Waals surface area contributed by atoms with Gasteiger partial charge in [-0.15, -0.1) is 0 Å². The van der Waals surface area contributed by atoms with E-state index in [4.69, 9.17) is 47.0 Å². The first-order chi connectivity index (χ1) is 33.5. The minimum absolute atomic E-state index is 0.0503. The third-order valence-corrected chi connectivity index (χ3v) is 10.6. The lowest BCUT2D eigenvalue weighted by atomic mass is 9.97. The van der Waals surface area contributed by atoms with E-state index in [-0.39, 0.29) is 51.3 Å². The third kappa shape index (κ3) is 11.4. The van der Waals surface area contributed by atoms with Gasteiger partial charge in [0.05, 0.1) is 34.7 Å². The van der Waals surface area contributed by atoms with E-state index in [0.29, 0.717) is 11.3 Å². The first-order valence-electron chi connectivity index (χ1n) is 21.4. The quantitative estimate of drug-likeness (QED) is 0.0513. The van der Waals surface area contributed by atoms with Gasteiger partial charge < -0.3 is 47.0 Å². The highest BCUT2D eigenvalue weighted by atomic mass is 16.7. The van der Waals surface area contributed by atoms with Gasteiger partial charge in [0.15, 0.2) is 18.0 Å². The monoisotopic (exact) mass is 934 g/mol. The first-order valence-corrected chi connectivity index (χ1v) is 21.4. The summed E-state index contributed by atoms with van der Waals surface area (Å²) < 4.78 is 59.3. The molecule has 1 aliphatic rings. The second-order valence-electron chi connectivity index (χ2n) is 15.3. The molecule has 7 aromatic rings. The summed E-state index contributed by atoms with van der Waals surface area (Å²) in [7, 11) is 1.53. The van der Waals surface area contributed by atoms with Gasteiger partial charge in [0, 0.05) is 13.0 Å². The van der Waals surface area contributed by atoms with E-state index in [0.717, 1.165) is 6.92 Å². The number of benzene rings is 6. The maximum atomic E-state index is 14.1. The maximum absolute atomic E-state index is 14.1. The molecular weight excluding hydrogens is 893 g/mol. The second-order valence-corrected chi connectivity index (χ2v) is 15.3. The summed E-state index contributed by atoms with van der Waals surface area (Å²) in [6, 6.07) is 43.0. The molecule has 0 spiro atoms. The molecule has 1 saturated heterocycles. The Morgan fingerprint density at radius 3 is 1.57 bits per heavy atom. The van der Waals surface area contributed by atoms with Gasteiger partial charge in [-0.05, 0) is 78.4 Å². The van der Waals surface area contributed by atoms with Gasteiger partial charge in [-0.2, -0.15) is 0 Å². The average molecular weight is 935 g/mol. The van der Waals surface area contributed by atoms with Gasteiger partial charge in [-0.25, -0.2) is 24.0 Å². The van der Waals surface area contributed by atoms with Crippen molar-refractivity contribution in [3.63, 3.8) is 0 Å². The molecule has 0 amide bonds. The van der Waals surface area contributed by atoms with Crippen LogP contribution in [0.2, 0.25) is 0 Å². The molecule has 5 atom stereocenters. The zero-order valence-electron chi connectivity index (χ0n) is 36.9. The summed E-state index contributed by atoms with van der Waals surface area (Å²) in [6.45, 7) is 0.459. The number of carbonyl (C=O) groups is 5. The van der Waals surface area contributed by atoms with Crippen LogP contribution in [0, 0.1) is 0 Å². The normalized spacial score (nSPS) is 17.4. The van der Waals surface area contributed by atoms with Gasteiger partial charge in [0.25, 0.3) is 5.75 Å². The van der Waals surface area contributed by atoms with E-state index in [9.17, 15) is 28.8 Å². The van der Waals surface area contributed by atoms with Crippen molar-refractivity contribution in [3.8, 4) is 23.0 Å². The molecule has 8 rings (SSSR count). The molecule has 0 aliphatic carbocycles. The largest absolute Gasteiger partial charge is 0.497 e. The Hall–Kier alpha value is -8.76. The lowest BCUT2D eigenvalue weighted by molar-refractivity contribution is -0.275. The van der Waals surface area contributed by atoms with Crippen LogP contribution in [-0.4, -0.2) is 74.3 Å². The predicted molar refractivity (Wildman–Crippen MR) is 244 cm³/mol. The van der Waals surface area contributed by atoms with Crippen LogP contribution >= 0.6 is 0 Å². The highest BCUT2D eigenvalue weighted by Crippen LogP contribution is 2.38. The van der Waals surface area contributed by atoms with E-state index in [1.54, 1.807) is 97.1 Å². The SMILES string of the molecule is COc1ccc(COc2c(OC(C)=O)c(=O)oc3cc(O[C@@H]4O[C@H](COC(=O)c5ccccc5)[C@H](OC(=O)c5ccccc5)[C@H](OC(=O)c5ccccc5)[C@H]4OC(=O)c4ccccc4)ccc23)cc1.